The largest absolute Gasteiger partial charge is 0.506 e. The molecule has 1 aromatic carbocycles. The Morgan fingerprint density at radius 2 is 2.15 bits per heavy atom. The van der Waals surface area contributed by atoms with E-state index < -0.39 is 6.23 Å². The zero-order chi connectivity index (χ0) is 9.84. The zero-order valence-corrected chi connectivity index (χ0v) is 7.61. The maximum Gasteiger partial charge on any atom is 0.139 e. The number of nitrogens with one attached hydrogen (secondary N) is 1. The van der Waals surface area contributed by atoms with E-state index in [9.17, 15) is 5.11 Å². The number of phenolic OH excluding ortho intramolecular Hbond substituents is 1. The molecule has 0 radical (unpaired) electrons. The summed E-state index contributed by atoms with van der Waals surface area (Å²) in [7, 11) is 1.54. The van der Waals surface area contributed by atoms with Gasteiger partial charge in [-0.1, -0.05) is 0 Å². The van der Waals surface area contributed by atoms with Crippen LogP contribution < -0.4 is 10.1 Å². The first kappa shape index (κ1) is 9.67. The molecule has 0 bridgehead atoms. The van der Waals surface area contributed by atoms with Gasteiger partial charge in [0, 0.05) is 6.07 Å². The fourth-order valence-corrected chi connectivity index (χ4v) is 0.983. The second kappa shape index (κ2) is 4.00. The van der Waals surface area contributed by atoms with Crippen LogP contribution in [0.5, 0.6) is 11.5 Å². The lowest BCUT2D eigenvalue weighted by molar-refractivity contribution is 0.224. The van der Waals surface area contributed by atoms with Crippen molar-refractivity contribution in [2.75, 3.05) is 12.4 Å². The van der Waals surface area contributed by atoms with Crippen LogP contribution in [0.2, 0.25) is 0 Å². The van der Waals surface area contributed by atoms with E-state index in [0.29, 0.717) is 11.4 Å². The number of rotatable bonds is 3. The first-order valence-corrected chi connectivity index (χ1v) is 3.95. The molecule has 0 saturated carbocycles. The second-order valence-electron chi connectivity index (χ2n) is 2.70. The van der Waals surface area contributed by atoms with Gasteiger partial charge < -0.3 is 20.3 Å². The van der Waals surface area contributed by atoms with E-state index in [1.807, 2.05) is 0 Å². The molecule has 0 fully saturated rings. The Morgan fingerprint density at radius 3 is 2.69 bits per heavy atom. The molecular weight excluding hydrogens is 170 g/mol. The average Bonchev–Trinajstić information content (AvgIpc) is 2.08. The summed E-state index contributed by atoms with van der Waals surface area (Å²) in [5.74, 6) is 0.711. The quantitative estimate of drug-likeness (QED) is 0.486. The summed E-state index contributed by atoms with van der Waals surface area (Å²) in [5, 5.41) is 21.1. The van der Waals surface area contributed by atoms with Crippen LogP contribution >= 0.6 is 0 Å². The Balaban J connectivity index is 2.90. The molecule has 1 aromatic rings. The number of aliphatic hydroxyl groups is 1. The predicted molar refractivity (Wildman–Crippen MR) is 50.0 cm³/mol. The van der Waals surface area contributed by atoms with E-state index in [0.717, 1.165) is 0 Å². The van der Waals surface area contributed by atoms with Crippen molar-refractivity contribution in [1.29, 1.82) is 0 Å². The van der Waals surface area contributed by atoms with Gasteiger partial charge in [0.25, 0.3) is 0 Å². The minimum Gasteiger partial charge on any atom is -0.506 e. The van der Waals surface area contributed by atoms with Crippen molar-refractivity contribution >= 4 is 5.69 Å². The van der Waals surface area contributed by atoms with E-state index >= 15 is 0 Å². The highest BCUT2D eigenvalue weighted by atomic mass is 16.5. The number of hydrogen-bond donors (Lipinski definition) is 3. The SMILES string of the molecule is COc1ccc(O)c(NC(C)O)c1. The topological polar surface area (TPSA) is 61.7 Å². The summed E-state index contributed by atoms with van der Waals surface area (Å²) in [6.07, 6.45) is -0.710. The number of methoxy groups -OCH3 is 1. The van der Waals surface area contributed by atoms with Gasteiger partial charge in [-0.2, -0.15) is 0 Å². The lowest BCUT2D eigenvalue weighted by atomic mass is 10.2. The summed E-state index contributed by atoms with van der Waals surface area (Å²) in [5.41, 5.74) is 0.453. The molecule has 1 atom stereocenters. The molecular formula is C9H13NO3. The molecule has 0 amide bonds. The van der Waals surface area contributed by atoms with Crippen molar-refractivity contribution in [3.63, 3.8) is 0 Å². The molecule has 0 aliphatic carbocycles. The Morgan fingerprint density at radius 1 is 1.46 bits per heavy atom. The molecule has 0 aromatic heterocycles. The lowest BCUT2D eigenvalue weighted by Crippen LogP contribution is -2.13. The van der Waals surface area contributed by atoms with Crippen LogP contribution in [0.1, 0.15) is 6.92 Å². The number of ether oxygens (including phenoxy) is 1. The minimum atomic E-state index is -0.710. The third-order valence-electron chi connectivity index (χ3n) is 1.57. The highest BCUT2D eigenvalue weighted by Gasteiger charge is 2.04. The summed E-state index contributed by atoms with van der Waals surface area (Å²) < 4.78 is 4.96. The van der Waals surface area contributed by atoms with Crippen LogP contribution in [0.15, 0.2) is 18.2 Å². The number of hydrogen-bond acceptors (Lipinski definition) is 4. The molecule has 13 heavy (non-hydrogen) atoms. The van der Waals surface area contributed by atoms with Crippen LogP contribution in [0.3, 0.4) is 0 Å². The van der Waals surface area contributed by atoms with E-state index in [4.69, 9.17) is 9.84 Å². The predicted octanol–water partition coefficient (Wildman–Crippen LogP) is 1.15. The van der Waals surface area contributed by atoms with Crippen molar-refractivity contribution in [2.24, 2.45) is 0 Å². The third kappa shape index (κ3) is 2.52. The van der Waals surface area contributed by atoms with Crippen molar-refractivity contribution < 1.29 is 14.9 Å². The van der Waals surface area contributed by atoms with Crippen molar-refractivity contribution in [3.05, 3.63) is 18.2 Å². The number of phenols is 1. The number of anilines is 1. The van der Waals surface area contributed by atoms with E-state index in [1.54, 1.807) is 26.2 Å². The van der Waals surface area contributed by atoms with Crippen LogP contribution in [-0.2, 0) is 0 Å². The minimum absolute atomic E-state index is 0.0849. The summed E-state index contributed by atoms with van der Waals surface area (Å²) in [4.78, 5) is 0. The first-order valence-electron chi connectivity index (χ1n) is 3.95. The smallest absolute Gasteiger partial charge is 0.139 e. The number of aliphatic hydroxyl groups excluding tert-OH is 1. The first-order chi connectivity index (χ1) is 6.13. The average molecular weight is 183 g/mol. The van der Waals surface area contributed by atoms with Gasteiger partial charge in [0.05, 0.1) is 12.8 Å². The van der Waals surface area contributed by atoms with Gasteiger partial charge in [-0.05, 0) is 19.1 Å². The van der Waals surface area contributed by atoms with Gasteiger partial charge in [0.2, 0.25) is 0 Å². The molecule has 3 N–H and O–H groups in total. The molecule has 1 unspecified atom stereocenters. The molecule has 0 saturated heterocycles. The molecule has 1 rings (SSSR count). The zero-order valence-electron chi connectivity index (χ0n) is 7.61. The van der Waals surface area contributed by atoms with Crippen LogP contribution in [-0.4, -0.2) is 23.6 Å². The summed E-state index contributed by atoms with van der Waals surface area (Å²) in [6.45, 7) is 1.57. The highest BCUT2D eigenvalue weighted by molar-refractivity contribution is 5.59. The monoisotopic (exact) mass is 183 g/mol. The Kier molecular flexibility index (Phi) is 2.97. The maximum absolute atomic E-state index is 9.35. The fraction of sp³-hybridized carbons (Fsp3) is 0.333. The Hall–Kier alpha value is -1.42. The molecule has 0 aliphatic heterocycles. The molecule has 0 aliphatic rings. The van der Waals surface area contributed by atoms with E-state index in [-0.39, 0.29) is 5.75 Å². The van der Waals surface area contributed by atoms with Gasteiger partial charge in [-0.25, -0.2) is 0 Å². The van der Waals surface area contributed by atoms with Gasteiger partial charge in [-0.3, -0.25) is 0 Å². The van der Waals surface area contributed by atoms with Crippen LogP contribution in [0.4, 0.5) is 5.69 Å². The van der Waals surface area contributed by atoms with Crippen molar-refractivity contribution in [1.82, 2.24) is 0 Å². The van der Waals surface area contributed by atoms with Crippen LogP contribution in [0, 0.1) is 0 Å². The maximum atomic E-state index is 9.35. The second-order valence-corrected chi connectivity index (χ2v) is 2.70. The summed E-state index contributed by atoms with van der Waals surface area (Å²) >= 11 is 0. The Labute approximate surface area is 76.8 Å². The molecule has 0 spiro atoms. The molecule has 0 heterocycles. The lowest BCUT2D eigenvalue weighted by Gasteiger charge is -2.11. The van der Waals surface area contributed by atoms with Gasteiger partial charge >= 0.3 is 0 Å². The number of benzene rings is 1. The van der Waals surface area contributed by atoms with Gasteiger partial charge in [0.1, 0.15) is 17.7 Å². The fourth-order valence-electron chi connectivity index (χ4n) is 0.983. The third-order valence-corrected chi connectivity index (χ3v) is 1.57. The van der Waals surface area contributed by atoms with Crippen LogP contribution in [0.25, 0.3) is 0 Å². The standard InChI is InChI=1S/C9H13NO3/c1-6(11)10-8-5-7(13-2)3-4-9(8)12/h3-6,10-12H,1-2H3. The van der Waals surface area contributed by atoms with Gasteiger partial charge in [-0.15, -0.1) is 0 Å². The molecule has 4 nitrogen and oxygen atoms in total. The Bertz CT molecular complexity index is 286. The number of aromatic hydroxyl groups is 1. The van der Waals surface area contributed by atoms with E-state index in [2.05, 4.69) is 5.32 Å². The molecule has 72 valence electrons. The molecule has 4 heteroatoms. The van der Waals surface area contributed by atoms with Crippen molar-refractivity contribution in [3.8, 4) is 11.5 Å². The van der Waals surface area contributed by atoms with Gasteiger partial charge in [0.15, 0.2) is 0 Å². The summed E-state index contributed by atoms with van der Waals surface area (Å²) in [6, 6.07) is 4.76. The normalized spacial score (nSPS) is 12.2. The van der Waals surface area contributed by atoms with Crippen molar-refractivity contribution in [2.45, 2.75) is 13.2 Å². The highest BCUT2D eigenvalue weighted by Crippen LogP contribution is 2.27. The van der Waals surface area contributed by atoms with E-state index in [1.165, 1.54) is 6.07 Å².